The van der Waals surface area contributed by atoms with Crippen molar-refractivity contribution in [3.8, 4) is 0 Å². The summed E-state index contributed by atoms with van der Waals surface area (Å²) < 4.78 is 1.09. The van der Waals surface area contributed by atoms with Crippen molar-refractivity contribution >= 4 is 31.9 Å². The molecule has 0 fully saturated rings. The third-order valence-electron chi connectivity index (χ3n) is 2.04. The second-order valence-corrected chi connectivity index (χ2v) is 5.20. The molecule has 1 unspecified atom stereocenters. The van der Waals surface area contributed by atoms with E-state index < -0.39 is 0 Å². The number of hydrogen-bond acceptors (Lipinski definition) is 2. The summed E-state index contributed by atoms with van der Waals surface area (Å²) in [4.78, 5) is 2.10. The van der Waals surface area contributed by atoms with Crippen molar-refractivity contribution in [2.45, 2.75) is 12.6 Å². The van der Waals surface area contributed by atoms with E-state index in [0.717, 1.165) is 11.0 Å². The predicted molar refractivity (Wildman–Crippen MR) is 70.3 cm³/mol. The Balaban J connectivity index is 2.47. The second kappa shape index (κ2) is 6.63. The van der Waals surface area contributed by atoms with Crippen LogP contribution in [0.1, 0.15) is 5.56 Å². The van der Waals surface area contributed by atoms with E-state index in [2.05, 4.69) is 48.9 Å². The molecule has 0 aromatic heterocycles. The molecule has 4 heteroatoms. The Labute approximate surface area is 108 Å². The highest BCUT2D eigenvalue weighted by Gasteiger charge is 2.06. The fraction of sp³-hybridized carbons (Fsp3) is 0.455. The van der Waals surface area contributed by atoms with Crippen LogP contribution in [0.25, 0.3) is 0 Å². The molecule has 1 atom stereocenters. The van der Waals surface area contributed by atoms with Gasteiger partial charge < -0.3 is 5.11 Å². The van der Waals surface area contributed by atoms with Crippen LogP contribution in [0, 0.1) is 0 Å². The summed E-state index contributed by atoms with van der Waals surface area (Å²) in [6.45, 7) is 1.53. The van der Waals surface area contributed by atoms with Crippen LogP contribution in [0.15, 0.2) is 28.7 Å². The minimum Gasteiger partial charge on any atom is -0.391 e. The van der Waals surface area contributed by atoms with E-state index in [1.807, 2.05) is 19.2 Å². The SMILES string of the molecule is CN(Cc1cccc(Br)c1)CC(O)CBr. The zero-order valence-corrected chi connectivity index (χ0v) is 11.8. The van der Waals surface area contributed by atoms with Crippen molar-refractivity contribution in [1.29, 1.82) is 0 Å². The summed E-state index contributed by atoms with van der Waals surface area (Å²) >= 11 is 6.70. The van der Waals surface area contributed by atoms with E-state index >= 15 is 0 Å². The fourth-order valence-electron chi connectivity index (χ4n) is 1.42. The summed E-state index contributed by atoms with van der Waals surface area (Å²) in [5.74, 6) is 0. The maximum atomic E-state index is 9.46. The van der Waals surface area contributed by atoms with Crippen molar-refractivity contribution < 1.29 is 5.11 Å². The number of benzene rings is 1. The Morgan fingerprint density at radius 1 is 1.47 bits per heavy atom. The van der Waals surface area contributed by atoms with E-state index in [-0.39, 0.29) is 6.10 Å². The molecule has 0 amide bonds. The van der Waals surface area contributed by atoms with E-state index in [1.165, 1.54) is 5.56 Å². The summed E-state index contributed by atoms with van der Waals surface area (Å²) in [5, 5.41) is 10.1. The van der Waals surface area contributed by atoms with Gasteiger partial charge in [0.05, 0.1) is 6.10 Å². The normalized spacial score (nSPS) is 13.1. The Kier molecular flexibility index (Phi) is 5.82. The van der Waals surface area contributed by atoms with Gasteiger partial charge in [-0.3, -0.25) is 4.90 Å². The van der Waals surface area contributed by atoms with E-state index in [4.69, 9.17) is 0 Å². The summed E-state index contributed by atoms with van der Waals surface area (Å²) in [7, 11) is 2.01. The number of likely N-dealkylation sites (N-methyl/N-ethyl adjacent to an activating group) is 1. The fourth-order valence-corrected chi connectivity index (χ4v) is 2.07. The maximum Gasteiger partial charge on any atom is 0.0763 e. The first-order valence-corrected chi connectivity index (χ1v) is 6.70. The molecule has 0 saturated heterocycles. The van der Waals surface area contributed by atoms with Gasteiger partial charge in [-0.25, -0.2) is 0 Å². The molecule has 15 heavy (non-hydrogen) atoms. The zero-order valence-electron chi connectivity index (χ0n) is 8.66. The molecule has 2 nitrogen and oxygen atoms in total. The molecule has 1 aromatic carbocycles. The van der Waals surface area contributed by atoms with Gasteiger partial charge in [-0.05, 0) is 24.7 Å². The molecule has 1 aromatic rings. The summed E-state index contributed by atoms with van der Waals surface area (Å²) in [6, 6.07) is 8.21. The number of aliphatic hydroxyl groups excluding tert-OH is 1. The molecule has 0 aliphatic rings. The van der Waals surface area contributed by atoms with Gasteiger partial charge in [0.1, 0.15) is 0 Å². The van der Waals surface area contributed by atoms with E-state index in [1.54, 1.807) is 0 Å². The molecule has 0 bridgehead atoms. The highest BCUT2D eigenvalue weighted by molar-refractivity contribution is 9.10. The van der Waals surface area contributed by atoms with Gasteiger partial charge >= 0.3 is 0 Å². The van der Waals surface area contributed by atoms with Gasteiger partial charge in [0.2, 0.25) is 0 Å². The third-order valence-corrected chi connectivity index (χ3v) is 3.28. The van der Waals surface area contributed by atoms with Gasteiger partial charge in [0, 0.05) is 22.9 Å². The van der Waals surface area contributed by atoms with Crippen LogP contribution in [0.4, 0.5) is 0 Å². The van der Waals surface area contributed by atoms with E-state index in [9.17, 15) is 5.11 Å². The number of aliphatic hydroxyl groups is 1. The first kappa shape index (κ1) is 13.2. The lowest BCUT2D eigenvalue weighted by Gasteiger charge is -2.19. The van der Waals surface area contributed by atoms with Gasteiger partial charge in [-0.1, -0.05) is 44.0 Å². The number of halogens is 2. The van der Waals surface area contributed by atoms with Gasteiger partial charge in [0.25, 0.3) is 0 Å². The number of alkyl halides is 1. The second-order valence-electron chi connectivity index (χ2n) is 3.63. The van der Waals surface area contributed by atoms with Crippen LogP contribution in [-0.2, 0) is 6.54 Å². The quantitative estimate of drug-likeness (QED) is 0.835. The molecular formula is C11H15Br2NO. The van der Waals surface area contributed by atoms with Crippen molar-refractivity contribution in [2.75, 3.05) is 18.9 Å². The lowest BCUT2D eigenvalue weighted by molar-refractivity contribution is 0.143. The lowest BCUT2D eigenvalue weighted by Crippen LogP contribution is -2.29. The Bertz CT molecular complexity index is 306. The van der Waals surface area contributed by atoms with Crippen LogP contribution >= 0.6 is 31.9 Å². The first-order chi connectivity index (χ1) is 7.11. The molecule has 0 spiro atoms. The van der Waals surface area contributed by atoms with Crippen molar-refractivity contribution in [1.82, 2.24) is 4.90 Å². The van der Waals surface area contributed by atoms with Crippen molar-refractivity contribution in [3.05, 3.63) is 34.3 Å². The van der Waals surface area contributed by atoms with Crippen LogP contribution < -0.4 is 0 Å². The molecule has 0 radical (unpaired) electrons. The monoisotopic (exact) mass is 335 g/mol. The largest absolute Gasteiger partial charge is 0.391 e. The molecule has 0 aliphatic heterocycles. The van der Waals surface area contributed by atoms with Gasteiger partial charge in [-0.2, -0.15) is 0 Å². The molecule has 0 saturated carbocycles. The maximum absolute atomic E-state index is 9.46. The summed E-state index contributed by atoms with van der Waals surface area (Å²) in [6.07, 6.45) is -0.304. The molecule has 1 N–H and O–H groups in total. The third kappa shape index (κ3) is 5.11. The Hall–Kier alpha value is 0.1000. The molecule has 0 aliphatic carbocycles. The smallest absolute Gasteiger partial charge is 0.0763 e. The number of nitrogens with zero attached hydrogens (tertiary/aromatic N) is 1. The van der Waals surface area contributed by atoms with Crippen LogP contribution in [-0.4, -0.2) is 35.0 Å². The topological polar surface area (TPSA) is 23.5 Å². The van der Waals surface area contributed by atoms with Gasteiger partial charge in [0.15, 0.2) is 0 Å². The molecule has 0 heterocycles. The average molecular weight is 337 g/mol. The van der Waals surface area contributed by atoms with Crippen molar-refractivity contribution in [3.63, 3.8) is 0 Å². The zero-order chi connectivity index (χ0) is 11.3. The van der Waals surface area contributed by atoms with Crippen LogP contribution in [0.5, 0.6) is 0 Å². The molecule has 84 valence electrons. The van der Waals surface area contributed by atoms with Crippen molar-refractivity contribution in [2.24, 2.45) is 0 Å². The first-order valence-electron chi connectivity index (χ1n) is 4.79. The predicted octanol–water partition coefficient (Wildman–Crippen LogP) is 2.64. The van der Waals surface area contributed by atoms with Crippen LogP contribution in [0.3, 0.4) is 0 Å². The number of hydrogen-bond donors (Lipinski definition) is 1. The molecule has 1 rings (SSSR count). The highest BCUT2D eigenvalue weighted by Crippen LogP contribution is 2.13. The minimum atomic E-state index is -0.304. The Morgan fingerprint density at radius 3 is 2.80 bits per heavy atom. The highest BCUT2D eigenvalue weighted by atomic mass is 79.9. The Morgan fingerprint density at radius 2 is 2.20 bits per heavy atom. The summed E-state index contributed by atoms with van der Waals surface area (Å²) in [5.41, 5.74) is 1.24. The minimum absolute atomic E-state index is 0.304. The van der Waals surface area contributed by atoms with Gasteiger partial charge in [-0.15, -0.1) is 0 Å². The molecular weight excluding hydrogens is 322 g/mol. The lowest BCUT2D eigenvalue weighted by atomic mass is 10.2. The van der Waals surface area contributed by atoms with Crippen LogP contribution in [0.2, 0.25) is 0 Å². The number of rotatable bonds is 5. The average Bonchev–Trinajstić information content (AvgIpc) is 2.17. The van der Waals surface area contributed by atoms with E-state index in [0.29, 0.717) is 11.9 Å². The standard InChI is InChI=1S/C11H15Br2NO/c1-14(8-11(15)6-12)7-9-3-2-4-10(13)5-9/h2-5,11,15H,6-8H2,1H3.